The summed E-state index contributed by atoms with van der Waals surface area (Å²) in [5.74, 6) is 0. The Hall–Kier alpha value is -1.70. The van der Waals surface area contributed by atoms with E-state index in [9.17, 15) is 0 Å². The summed E-state index contributed by atoms with van der Waals surface area (Å²) in [7, 11) is 1.98. The standard InChI is InChI=1S/C12H9BO/c13-12-7-10-5-8-3-1-2-4-9(8)6-11(10)14-12/h1-7H,13H2. The van der Waals surface area contributed by atoms with Crippen molar-refractivity contribution in [3.05, 3.63) is 42.5 Å². The summed E-state index contributed by atoms with van der Waals surface area (Å²) < 4.78 is 5.58. The van der Waals surface area contributed by atoms with E-state index in [1.165, 1.54) is 16.2 Å². The zero-order valence-corrected chi connectivity index (χ0v) is 7.95. The molecular formula is C12H9BO. The van der Waals surface area contributed by atoms with E-state index >= 15 is 0 Å². The molecule has 1 nitrogen and oxygen atoms in total. The smallest absolute Gasteiger partial charge is 0.186 e. The molecule has 2 heteroatoms. The molecule has 0 atom stereocenters. The summed E-state index contributed by atoms with van der Waals surface area (Å²) in [6.07, 6.45) is 0. The molecule has 0 saturated carbocycles. The first-order valence-corrected chi connectivity index (χ1v) is 4.72. The van der Waals surface area contributed by atoms with E-state index in [2.05, 4.69) is 36.4 Å². The molecule has 0 amide bonds. The fourth-order valence-electron chi connectivity index (χ4n) is 1.86. The van der Waals surface area contributed by atoms with E-state index < -0.39 is 0 Å². The summed E-state index contributed by atoms with van der Waals surface area (Å²) >= 11 is 0. The molecule has 66 valence electrons. The van der Waals surface area contributed by atoms with Crippen LogP contribution in [0, 0.1) is 0 Å². The maximum Gasteiger partial charge on any atom is 0.186 e. The second-order valence-corrected chi connectivity index (χ2v) is 3.59. The monoisotopic (exact) mass is 180 g/mol. The first-order valence-electron chi connectivity index (χ1n) is 4.72. The maximum absolute atomic E-state index is 5.58. The highest BCUT2D eigenvalue weighted by molar-refractivity contribution is 6.31. The van der Waals surface area contributed by atoms with Gasteiger partial charge in [-0.15, -0.1) is 0 Å². The molecule has 0 unspecified atom stereocenters. The molecular weight excluding hydrogens is 171 g/mol. The number of hydrogen-bond donors (Lipinski definition) is 0. The molecule has 2 aromatic carbocycles. The molecule has 3 aromatic rings. The van der Waals surface area contributed by atoms with Gasteiger partial charge in [-0.05, 0) is 29.0 Å². The first kappa shape index (κ1) is 7.68. The highest BCUT2D eigenvalue weighted by Gasteiger charge is 2.01. The van der Waals surface area contributed by atoms with E-state index in [4.69, 9.17) is 4.42 Å². The molecule has 0 spiro atoms. The largest absolute Gasteiger partial charge is 0.472 e. The van der Waals surface area contributed by atoms with Crippen LogP contribution in [0.1, 0.15) is 0 Å². The van der Waals surface area contributed by atoms with Crippen molar-refractivity contribution < 1.29 is 4.42 Å². The van der Waals surface area contributed by atoms with Crippen molar-refractivity contribution in [3.8, 4) is 0 Å². The van der Waals surface area contributed by atoms with E-state index in [1.54, 1.807) is 0 Å². The normalized spacial score (nSPS) is 11.1. The van der Waals surface area contributed by atoms with Gasteiger partial charge in [-0.1, -0.05) is 24.3 Å². The Morgan fingerprint density at radius 2 is 1.57 bits per heavy atom. The summed E-state index contributed by atoms with van der Waals surface area (Å²) in [6, 6.07) is 14.7. The van der Waals surface area contributed by atoms with Gasteiger partial charge in [-0.2, -0.15) is 0 Å². The lowest BCUT2D eigenvalue weighted by Crippen LogP contribution is -1.92. The highest BCUT2D eigenvalue weighted by atomic mass is 16.3. The maximum atomic E-state index is 5.58. The molecule has 0 bridgehead atoms. The van der Waals surface area contributed by atoms with Crippen molar-refractivity contribution in [1.29, 1.82) is 0 Å². The van der Waals surface area contributed by atoms with E-state index in [-0.39, 0.29) is 0 Å². The second-order valence-electron chi connectivity index (χ2n) is 3.59. The van der Waals surface area contributed by atoms with E-state index in [0.29, 0.717) is 0 Å². The highest BCUT2D eigenvalue weighted by Crippen LogP contribution is 2.22. The number of hydrogen-bond acceptors (Lipinski definition) is 1. The van der Waals surface area contributed by atoms with Crippen molar-refractivity contribution in [2.45, 2.75) is 0 Å². The molecule has 0 aliphatic heterocycles. The topological polar surface area (TPSA) is 13.1 Å². The van der Waals surface area contributed by atoms with E-state index in [1.807, 2.05) is 13.9 Å². The quantitative estimate of drug-likeness (QED) is 0.481. The molecule has 1 aromatic heterocycles. The van der Waals surface area contributed by atoms with Gasteiger partial charge in [0.15, 0.2) is 7.85 Å². The van der Waals surface area contributed by atoms with Crippen LogP contribution in [-0.2, 0) is 0 Å². The van der Waals surface area contributed by atoms with Gasteiger partial charge in [0, 0.05) is 5.39 Å². The van der Waals surface area contributed by atoms with Crippen LogP contribution in [0.3, 0.4) is 0 Å². The zero-order chi connectivity index (χ0) is 9.54. The Labute approximate surface area is 82.7 Å². The number of furan rings is 1. The Balaban J connectivity index is 2.51. The predicted octanol–water partition coefficient (Wildman–Crippen LogP) is 1.84. The minimum Gasteiger partial charge on any atom is -0.472 e. The van der Waals surface area contributed by atoms with Crippen molar-refractivity contribution >= 4 is 35.2 Å². The Morgan fingerprint density at radius 1 is 0.857 bits per heavy atom. The molecule has 14 heavy (non-hydrogen) atoms. The molecule has 0 N–H and O–H groups in total. The van der Waals surface area contributed by atoms with Crippen LogP contribution in [0.4, 0.5) is 0 Å². The second kappa shape index (κ2) is 2.64. The molecule has 0 saturated heterocycles. The van der Waals surface area contributed by atoms with Crippen molar-refractivity contribution in [3.63, 3.8) is 0 Å². The molecule has 0 aliphatic rings. The van der Waals surface area contributed by atoms with Gasteiger partial charge in [0.05, 0.1) is 5.66 Å². The van der Waals surface area contributed by atoms with Crippen molar-refractivity contribution in [1.82, 2.24) is 0 Å². The van der Waals surface area contributed by atoms with Crippen LogP contribution in [-0.4, -0.2) is 7.85 Å². The zero-order valence-electron chi connectivity index (χ0n) is 7.95. The van der Waals surface area contributed by atoms with Gasteiger partial charge in [0.1, 0.15) is 5.58 Å². The van der Waals surface area contributed by atoms with Crippen LogP contribution in [0.5, 0.6) is 0 Å². The average Bonchev–Trinajstić information content (AvgIpc) is 2.53. The van der Waals surface area contributed by atoms with Crippen LogP contribution in [0.15, 0.2) is 46.9 Å². The molecule has 1 heterocycles. The molecule has 0 radical (unpaired) electrons. The van der Waals surface area contributed by atoms with E-state index in [0.717, 1.165) is 11.2 Å². The Kier molecular flexibility index (Phi) is 1.45. The van der Waals surface area contributed by atoms with Crippen LogP contribution < -0.4 is 5.66 Å². The Bertz CT molecular complexity index is 557. The third kappa shape index (κ3) is 1.04. The molecule has 0 aliphatic carbocycles. The van der Waals surface area contributed by atoms with Gasteiger partial charge < -0.3 is 4.42 Å². The average molecular weight is 180 g/mol. The van der Waals surface area contributed by atoms with Gasteiger partial charge in [-0.3, -0.25) is 0 Å². The number of fused-ring (bicyclic) bond motifs is 2. The summed E-state index contributed by atoms with van der Waals surface area (Å²) in [4.78, 5) is 0. The van der Waals surface area contributed by atoms with Gasteiger partial charge >= 0.3 is 0 Å². The molecule has 3 rings (SSSR count). The minimum atomic E-state index is 0.968. The fourth-order valence-corrected chi connectivity index (χ4v) is 1.86. The lowest BCUT2D eigenvalue weighted by atomic mass is 10.1. The summed E-state index contributed by atoms with van der Waals surface area (Å²) in [5.41, 5.74) is 1.94. The molecule has 0 fully saturated rings. The lowest BCUT2D eigenvalue weighted by molar-refractivity contribution is 0.654. The number of benzene rings is 2. The number of rotatable bonds is 0. The van der Waals surface area contributed by atoms with Gasteiger partial charge in [-0.25, -0.2) is 0 Å². The van der Waals surface area contributed by atoms with Gasteiger partial charge in [0.25, 0.3) is 0 Å². The SMILES string of the molecule is Bc1cc2cc3ccccc3cc2o1. The third-order valence-corrected chi connectivity index (χ3v) is 2.51. The van der Waals surface area contributed by atoms with Crippen LogP contribution in [0.2, 0.25) is 0 Å². The fraction of sp³-hybridized carbons (Fsp3) is 0. The lowest BCUT2D eigenvalue weighted by Gasteiger charge is -1.95. The minimum absolute atomic E-state index is 0.968. The summed E-state index contributed by atoms with van der Waals surface area (Å²) in [6.45, 7) is 0. The van der Waals surface area contributed by atoms with Gasteiger partial charge in [0.2, 0.25) is 0 Å². The Morgan fingerprint density at radius 3 is 2.36 bits per heavy atom. The summed E-state index contributed by atoms with van der Waals surface area (Å²) in [5, 5.41) is 3.68. The predicted molar refractivity (Wildman–Crippen MR) is 61.9 cm³/mol. The van der Waals surface area contributed by atoms with Crippen LogP contribution >= 0.6 is 0 Å². The first-order chi connectivity index (χ1) is 6.83. The van der Waals surface area contributed by atoms with Crippen LogP contribution in [0.25, 0.3) is 21.7 Å². The van der Waals surface area contributed by atoms with Crippen molar-refractivity contribution in [2.75, 3.05) is 0 Å². The van der Waals surface area contributed by atoms with Crippen molar-refractivity contribution in [2.24, 2.45) is 0 Å². The third-order valence-electron chi connectivity index (χ3n) is 2.51.